The lowest BCUT2D eigenvalue weighted by Gasteiger charge is -2.17. The minimum Gasteiger partial charge on any atom is -0.350 e. The van der Waals surface area contributed by atoms with Crippen LogP contribution in [0.1, 0.15) is 62.5 Å². The second kappa shape index (κ2) is 10.4. The van der Waals surface area contributed by atoms with Crippen molar-refractivity contribution < 1.29 is 4.79 Å². The van der Waals surface area contributed by atoms with Crippen LogP contribution in [0.3, 0.4) is 0 Å². The summed E-state index contributed by atoms with van der Waals surface area (Å²) in [5.74, 6) is 0.294. The molecule has 1 fully saturated rings. The molecule has 1 aliphatic rings. The smallest absolute Gasteiger partial charge is 0.330 e. The first kappa shape index (κ1) is 26.1. The van der Waals surface area contributed by atoms with Crippen molar-refractivity contribution in [3.8, 4) is 0 Å². The van der Waals surface area contributed by atoms with Crippen LogP contribution in [-0.4, -0.2) is 33.0 Å². The zero-order valence-electron chi connectivity index (χ0n) is 17.7. The SMILES string of the molecule is CC(C)Cn1c(=O)[nH]c(=O)c2c(C(=O)NCC(N)C3CC3)cc(C(C)C)nc21.Cl.Cl. The second-order valence-corrected chi connectivity index (χ2v) is 8.42. The largest absolute Gasteiger partial charge is 0.350 e. The van der Waals surface area contributed by atoms with E-state index in [0.717, 1.165) is 12.8 Å². The number of carbonyl (C=O) groups is 1. The average Bonchev–Trinajstić information content (AvgIpc) is 3.46. The van der Waals surface area contributed by atoms with Crippen molar-refractivity contribution in [2.24, 2.45) is 17.6 Å². The average molecular weight is 460 g/mol. The van der Waals surface area contributed by atoms with Crippen molar-refractivity contribution in [3.05, 3.63) is 38.2 Å². The first-order valence-electron chi connectivity index (χ1n) is 9.90. The van der Waals surface area contributed by atoms with Crippen LogP contribution in [0, 0.1) is 11.8 Å². The van der Waals surface area contributed by atoms with Gasteiger partial charge in [-0.25, -0.2) is 9.78 Å². The van der Waals surface area contributed by atoms with Crippen LogP contribution in [0.4, 0.5) is 0 Å². The summed E-state index contributed by atoms with van der Waals surface area (Å²) in [5, 5.41) is 2.99. The molecule has 10 heteroatoms. The first-order chi connectivity index (χ1) is 13.2. The molecule has 2 aromatic rings. The molecule has 1 amide bonds. The van der Waals surface area contributed by atoms with Gasteiger partial charge in [0.15, 0.2) is 5.65 Å². The summed E-state index contributed by atoms with van der Waals surface area (Å²) in [7, 11) is 0. The van der Waals surface area contributed by atoms with Gasteiger partial charge < -0.3 is 11.1 Å². The number of aromatic nitrogens is 3. The van der Waals surface area contributed by atoms with E-state index in [0.29, 0.717) is 24.7 Å². The van der Waals surface area contributed by atoms with Gasteiger partial charge in [0.2, 0.25) is 0 Å². The number of nitrogens with one attached hydrogen (secondary N) is 2. The topological polar surface area (TPSA) is 123 Å². The molecule has 1 unspecified atom stereocenters. The van der Waals surface area contributed by atoms with Gasteiger partial charge in [-0.3, -0.25) is 19.1 Å². The predicted molar refractivity (Wildman–Crippen MR) is 123 cm³/mol. The molecular weight excluding hydrogens is 429 g/mol. The maximum Gasteiger partial charge on any atom is 0.330 e. The maximum atomic E-state index is 12.9. The Morgan fingerprint density at radius 2 is 1.90 bits per heavy atom. The number of hydrogen-bond donors (Lipinski definition) is 3. The van der Waals surface area contributed by atoms with Gasteiger partial charge in [-0.05, 0) is 36.7 Å². The molecule has 0 aromatic carbocycles. The highest BCUT2D eigenvalue weighted by molar-refractivity contribution is 6.05. The minimum atomic E-state index is -0.598. The second-order valence-electron chi connectivity index (χ2n) is 8.42. The van der Waals surface area contributed by atoms with Gasteiger partial charge in [0.1, 0.15) is 0 Å². The highest BCUT2D eigenvalue weighted by Gasteiger charge is 2.29. The number of halogens is 2. The van der Waals surface area contributed by atoms with Crippen molar-refractivity contribution >= 4 is 41.8 Å². The van der Waals surface area contributed by atoms with E-state index < -0.39 is 11.2 Å². The summed E-state index contributed by atoms with van der Waals surface area (Å²) in [4.78, 5) is 44.8. The Labute approximate surface area is 187 Å². The van der Waals surface area contributed by atoms with E-state index >= 15 is 0 Å². The van der Waals surface area contributed by atoms with Gasteiger partial charge in [-0.1, -0.05) is 27.7 Å². The van der Waals surface area contributed by atoms with Gasteiger partial charge in [0.25, 0.3) is 11.5 Å². The van der Waals surface area contributed by atoms with Gasteiger partial charge in [-0.2, -0.15) is 0 Å². The number of aromatic amines is 1. The molecule has 0 radical (unpaired) electrons. The van der Waals surface area contributed by atoms with Crippen molar-refractivity contribution in [1.29, 1.82) is 0 Å². The summed E-state index contributed by atoms with van der Waals surface area (Å²) < 4.78 is 1.44. The van der Waals surface area contributed by atoms with E-state index in [1.807, 2.05) is 27.7 Å². The molecule has 0 spiro atoms. The van der Waals surface area contributed by atoms with E-state index in [2.05, 4.69) is 15.3 Å². The standard InChI is InChI=1S/C20H29N5O3.2ClH/c1-10(2)9-25-17-16(19(27)24-20(25)28)13(7-15(23-17)11(3)4)18(26)22-8-14(21)12-5-6-12;;/h7,10-12,14H,5-6,8-9,21H2,1-4H3,(H,22,26)(H,24,27,28);2*1H. The number of rotatable bonds is 7. The van der Waals surface area contributed by atoms with E-state index in [-0.39, 0.29) is 65.2 Å². The molecule has 2 heterocycles. The molecule has 1 saturated carbocycles. The number of hydrogen-bond acceptors (Lipinski definition) is 5. The third kappa shape index (κ3) is 5.62. The van der Waals surface area contributed by atoms with Crippen LogP contribution in [0.2, 0.25) is 0 Å². The molecule has 0 bridgehead atoms. The van der Waals surface area contributed by atoms with Crippen LogP contribution in [0.15, 0.2) is 15.7 Å². The third-order valence-corrected chi connectivity index (χ3v) is 5.08. The number of H-pyrrole nitrogens is 1. The third-order valence-electron chi connectivity index (χ3n) is 5.08. The van der Waals surface area contributed by atoms with Gasteiger partial charge in [-0.15, -0.1) is 24.8 Å². The lowest BCUT2D eigenvalue weighted by Crippen LogP contribution is -2.39. The monoisotopic (exact) mass is 459 g/mol. The van der Waals surface area contributed by atoms with Crippen LogP contribution < -0.4 is 22.3 Å². The molecule has 4 N–H and O–H groups in total. The number of nitrogens with two attached hydrogens (primary N) is 1. The molecule has 2 aromatic heterocycles. The molecule has 0 aliphatic heterocycles. The Kier molecular flexibility index (Phi) is 9.07. The molecule has 168 valence electrons. The Morgan fingerprint density at radius 1 is 1.27 bits per heavy atom. The van der Waals surface area contributed by atoms with Gasteiger partial charge in [0.05, 0.1) is 10.9 Å². The first-order valence-corrected chi connectivity index (χ1v) is 9.90. The summed E-state index contributed by atoms with van der Waals surface area (Å²) in [6.07, 6.45) is 2.18. The zero-order valence-corrected chi connectivity index (χ0v) is 19.4. The van der Waals surface area contributed by atoms with Crippen LogP contribution in [0.5, 0.6) is 0 Å². The van der Waals surface area contributed by atoms with E-state index in [4.69, 9.17) is 5.73 Å². The number of fused-ring (bicyclic) bond motifs is 1. The van der Waals surface area contributed by atoms with E-state index in [1.54, 1.807) is 6.07 Å². The van der Waals surface area contributed by atoms with Crippen molar-refractivity contribution in [3.63, 3.8) is 0 Å². The zero-order chi connectivity index (χ0) is 20.6. The summed E-state index contributed by atoms with van der Waals surface area (Å²) in [6.45, 7) is 8.61. The normalized spacial score (nSPS) is 14.4. The van der Waals surface area contributed by atoms with Crippen molar-refractivity contribution in [2.75, 3.05) is 6.54 Å². The summed E-state index contributed by atoms with van der Waals surface area (Å²) >= 11 is 0. The minimum absolute atomic E-state index is 0. The molecule has 8 nitrogen and oxygen atoms in total. The van der Waals surface area contributed by atoms with E-state index in [9.17, 15) is 14.4 Å². The number of carbonyl (C=O) groups excluding carboxylic acids is 1. The van der Waals surface area contributed by atoms with Crippen molar-refractivity contribution in [2.45, 2.75) is 59.0 Å². The van der Waals surface area contributed by atoms with E-state index in [1.165, 1.54) is 4.57 Å². The lowest BCUT2D eigenvalue weighted by molar-refractivity contribution is 0.0951. The fourth-order valence-electron chi connectivity index (χ4n) is 3.30. The molecule has 3 rings (SSSR count). The van der Waals surface area contributed by atoms with Crippen molar-refractivity contribution in [1.82, 2.24) is 19.9 Å². The highest BCUT2D eigenvalue weighted by Crippen LogP contribution is 2.31. The number of amides is 1. The fraction of sp³-hybridized carbons (Fsp3) is 0.600. The van der Waals surface area contributed by atoms with Gasteiger partial charge >= 0.3 is 5.69 Å². The molecular formula is C20H31Cl2N5O3. The quantitative estimate of drug-likeness (QED) is 0.585. The molecule has 30 heavy (non-hydrogen) atoms. The number of nitrogens with zero attached hydrogens (tertiary/aromatic N) is 2. The van der Waals surface area contributed by atoms with Crippen LogP contribution in [-0.2, 0) is 6.54 Å². The predicted octanol–water partition coefficient (Wildman–Crippen LogP) is 2.17. The number of pyridine rings is 1. The Balaban J connectivity index is 0.00000225. The summed E-state index contributed by atoms with van der Waals surface area (Å²) in [6, 6.07) is 1.56. The Hall–Kier alpha value is -1.90. The summed E-state index contributed by atoms with van der Waals surface area (Å²) in [5.41, 5.74) is 6.12. The van der Waals surface area contributed by atoms with Gasteiger partial charge in [0, 0.05) is 24.8 Å². The van der Waals surface area contributed by atoms with Crippen LogP contribution in [0.25, 0.3) is 11.0 Å². The maximum absolute atomic E-state index is 12.9. The lowest BCUT2D eigenvalue weighted by atomic mass is 10.0. The Morgan fingerprint density at radius 3 is 2.43 bits per heavy atom. The molecule has 1 aliphatic carbocycles. The fourth-order valence-corrected chi connectivity index (χ4v) is 3.30. The van der Waals surface area contributed by atoms with Crippen LogP contribution >= 0.6 is 24.8 Å². The molecule has 1 atom stereocenters. The highest BCUT2D eigenvalue weighted by atomic mass is 35.5. The Bertz CT molecular complexity index is 1010. The molecule has 0 saturated heterocycles.